The number of hydrogen-bond donors (Lipinski definition) is 1. The Kier molecular flexibility index (Phi) is 3.87. The molecule has 3 nitrogen and oxygen atoms in total. The van der Waals surface area contributed by atoms with Crippen LogP contribution in [0.2, 0.25) is 5.02 Å². The van der Waals surface area contributed by atoms with Gasteiger partial charge in [0.25, 0.3) is 0 Å². The number of carbonyl (C=O) groups is 1. The molecule has 0 heterocycles. The zero-order valence-electron chi connectivity index (χ0n) is 9.10. The van der Waals surface area contributed by atoms with Crippen LogP contribution in [0.4, 0.5) is 23.7 Å². The first-order valence-electron chi connectivity index (χ1n) is 4.57. The summed E-state index contributed by atoms with van der Waals surface area (Å²) in [4.78, 5) is 12.5. The Balaban J connectivity index is 2.94. The summed E-state index contributed by atoms with van der Waals surface area (Å²) in [5.74, 6) is 0. The van der Waals surface area contributed by atoms with Gasteiger partial charge < -0.3 is 10.2 Å². The van der Waals surface area contributed by atoms with E-state index in [0.29, 0.717) is 0 Å². The predicted molar refractivity (Wildman–Crippen MR) is 59.2 cm³/mol. The molecule has 0 aliphatic carbocycles. The minimum Gasteiger partial charge on any atom is -0.331 e. The number of urea groups is 1. The van der Waals surface area contributed by atoms with Crippen molar-refractivity contribution in [2.45, 2.75) is 6.18 Å². The molecule has 0 aliphatic rings. The summed E-state index contributed by atoms with van der Waals surface area (Å²) < 4.78 is 37.2. The highest BCUT2D eigenvalue weighted by molar-refractivity contribution is 6.31. The summed E-state index contributed by atoms with van der Waals surface area (Å²) in [5.41, 5.74) is -0.719. The van der Waals surface area contributed by atoms with Crippen LogP contribution in [0.5, 0.6) is 0 Å². The van der Waals surface area contributed by atoms with Crippen molar-refractivity contribution in [1.29, 1.82) is 0 Å². The van der Waals surface area contributed by atoms with Crippen LogP contribution in [0.15, 0.2) is 18.2 Å². The molecule has 1 aromatic rings. The molecule has 0 saturated carbocycles. The largest absolute Gasteiger partial charge is 0.417 e. The summed E-state index contributed by atoms with van der Waals surface area (Å²) >= 11 is 5.49. The van der Waals surface area contributed by atoms with E-state index in [4.69, 9.17) is 11.6 Å². The van der Waals surface area contributed by atoms with Crippen LogP contribution >= 0.6 is 11.6 Å². The average molecular weight is 267 g/mol. The molecule has 0 fully saturated rings. The molecule has 0 radical (unpaired) electrons. The van der Waals surface area contributed by atoms with Gasteiger partial charge in [0.1, 0.15) is 0 Å². The van der Waals surface area contributed by atoms with Gasteiger partial charge in [-0.05, 0) is 18.2 Å². The lowest BCUT2D eigenvalue weighted by Crippen LogP contribution is -2.27. The SMILES string of the molecule is CN(C)C(=O)Nc1ccc(C(F)(F)F)c(Cl)c1. The summed E-state index contributed by atoms with van der Waals surface area (Å²) in [6.07, 6.45) is -4.50. The highest BCUT2D eigenvalue weighted by atomic mass is 35.5. The smallest absolute Gasteiger partial charge is 0.331 e. The molecule has 0 aromatic heterocycles. The highest BCUT2D eigenvalue weighted by Gasteiger charge is 2.33. The Morgan fingerprint density at radius 1 is 1.35 bits per heavy atom. The first-order chi connectivity index (χ1) is 7.71. The lowest BCUT2D eigenvalue weighted by atomic mass is 10.2. The number of halogens is 4. The Bertz CT molecular complexity index is 432. The monoisotopic (exact) mass is 266 g/mol. The van der Waals surface area contributed by atoms with Gasteiger partial charge in [-0.1, -0.05) is 11.6 Å². The van der Waals surface area contributed by atoms with Crippen LogP contribution in [-0.2, 0) is 6.18 Å². The molecule has 0 atom stereocenters. The van der Waals surface area contributed by atoms with Crippen molar-refractivity contribution >= 4 is 23.3 Å². The summed E-state index contributed by atoms with van der Waals surface area (Å²) in [7, 11) is 3.03. The van der Waals surface area contributed by atoms with E-state index in [0.717, 1.165) is 18.2 Å². The van der Waals surface area contributed by atoms with Crippen molar-refractivity contribution in [3.8, 4) is 0 Å². The normalized spacial score (nSPS) is 11.2. The van der Waals surface area contributed by atoms with E-state index in [1.807, 2.05) is 0 Å². The second kappa shape index (κ2) is 4.83. The van der Waals surface area contributed by atoms with E-state index in [2.05, 4.69) is 5.32 Å². The summed E-state index contributed by atoms with van der Waals surface area (Å²) in [6.45, 7) is 0. The summed E-state index contributed by atoms with van der Waals surface area (Å²) in [6, 6.07) is 2.59. The van der Waals surface area contributed by atoms with Gasteiger partial charge in [0.2, 0.25) is 0 Å². The highest BCUT2D eigenvalue weighted by Crippen LogP contribution is 2.35. The number of nitrogens with one attached hydrogen (secondary N) is 1. The number of amides is 2. The van der Waals surface area contributed by atoms with Crippen LogP contribution in [0.3, 0.4) is 0 Å². The van der Waals surface area contributed by atoms with Crippen LogP contribution < -0.4 is 5.32 Å². The zero-order chi connectivity index (χ0) is 13.2. The van der Waals surface area contributed by atoms with E-state index in [-0.39, 0.29) is 5.69 Å². The molecule has 2 amide bonds. The lowest BCUT2D eigenvalue weighted by molar-refractivity contribution is -0.137. The van der Waals surface area contributed by atoms with Crippen molar-refractivity contribution in [2.75, 3.05) is 19.4 Å². The molecule has 0 unspecified atom stereocenters. The molecule has 7 heteroatoms. The first-order valence-corrected chi connectivity index (χ1v) is 4.94. The van der Waals surface area contributed by atoms with Gasteiger partial charge in [-0.3, -0.25) is 0 Å². The first kappa shape index (κ1) is 13.6. The van der Waals surface area contributed by atoms with Crippen molar-refractivity contribution < 1.29 is 18.0 Å². The van der Waals surface area contributed by atoms with Gasteiger partial charge in [0.05, 0.1) is 10.6 Å². The molecule has 1 N–H and O–H groups in total. The molecule has 0 bridgehead atoms. The van der Waals surface area contributed by atoms with Gasteiger partial charge in [-0.25, -0.2) is 4.79 Å². The van der Waals surface area contributed by atoms with Gasteiger partial charge in [0.15, 0.2) is 0 Å². The molecule has 1 aromatic carbocycles. The Labute approximate surface area is 101 Å². The van der Waals surface area contributed by atoms with E-state index < -0.39 is 22.8 Å². The fourth-order valence-electron chi connectivity index (χ4n) is 1.06. The number of alkyl halides is 3. The van der Waals surface area contributed by atoms with Gasteiger partial charge >= 0.3 is 12.2 Å². The zero-order valence-corrected chi connectivity index (χ0v) is 9.86. The second-order valence-electron chi connectivity index (χ2n) is 3.52. The third kappa shape index (κ3) is 3.52. The number of hydrogen-bond acceptors (Lipinski definition) is 1. The number of carbonyl (C=O) groups excluding carboxylic acids is 1. The maximum atomic E-state index is 12.4. The number of anilines is 1. The third-order valence-corrected chi connectivity index (χ3v) is 2.24. The van der Waals surface area contributed by atoms with Crippen LogP contribution in [0.25, 0.3) is 0 Å². The maximum Gasteiger partial charge on any atom is 0.417 e. The quantitative estimate of drug-likeness (QED) is 0.830. The molecule has 0 aliphatic heterocycles. The Hall–Kier alpha value is -1.43. The molecule has 94 valence electrons. The second-order valence-corrected chi connectivity index (χ2v) is 3.92. The molecule has 0 saturated heterocycles. The van der Waals surface area contributed by atoms with Crippen molar-refractivity contribution in [3.05, 3.63) is 28.8 Å². The Morgan fingerprint density at radius 2 is 1.94 bits per heavy atom. The third-order valence-electron chi connectivity index (χ3n) is 1.93. The average Bonchev–Trinajstić information content (AvgIpc) is 2.15. The minimum atomic E-state index is -4.50. The topological polar surface area (TPSA) is 32.3 Å². The Morgan fingerprint density at radius 3 is 2.35 bits per heavy atom. The summed E-state index contributed by atoms with van der Waals surface area (Å²) in [5, 5.41) is 1.95. The van der Waals surface area contributed by atoms with E-state index >= 15 is 0 Å². The van der Waals surface area contributed by atoms with Crippen molar-refractivity contribution in [1.82, 2.24) is 4.90 Å². The van der Waals surface area contributed by atoms with Crippen molar-refractivity contribution in [3.63, 3.8) is 0 Å². The molecule has 1 rings (SSSR count). The predicted octanol–water partition coefficient (Wildman–Crippen LogP) is 3.45. The van der Waals surface area contributed by atoms with E-state index in [1.165, 1.54) is 19.0 Å². The van der Waals surface area contributed by atoms with Gasteiger partial charge in [-0.2, -0.15) is 13.2 Å². The number of rotatable bonds is 1. The van der Waals surface area contributed by atoms with Crippen LogP contribution in [0.1, 0.15) is 5.56 Å². The van der Waals surface area contributed by atoms with Gasteiger partial charge in [-0.15, -0.1) is 0 Å². The number of benzene rings is 1. The maximum absolute atomic E-state index is 12.4. The lowest BCUT2D eigenvalue weighted by Gasteiger charge is -2.14. The fourth-order valence-corrected chi connectivity index (χ4v) is 1.35. The van der Waals surface area contributed by atoms with E-state index in [9.17, 15) is 18.0 Å². The van der Waals surface area contributed by atoms with Crippen LogP contribution in [0, 0.1) is 0 Å². The van der Waals surface area contributed by atoms with Crippen LogP contribution in [-0.4, -0.2) is 25.0 Å². The minimum absolute atomic E-state index is 0.210. The fraction of sp³-hybridized carbons (Fsp3) is 0.300. The number of nitrogens with zero attached hydrogens (tertiary/aromatic N) is 1. The molecule has 17 heavy (non-hydrogen) atoms. The van der Waals surface area contributed by atoms with E-state index in [1.54, 1.807) is 0 Å². The standard InChI is InChI=1S/C10H10ClF3N2O/c1-16(2)9(17)15-6-3-4-7(8(11)5-6)10(12,13)14/h3-5H,1-2H3,(H,15,17). The van der Waals surface area contributed by atoms with Gasteiger partial charge in [0, 0.05) is 19.8 Å². The molecular weight excluding hydrogens is 257 g/mol. The molecular formula is C10H10ClF3N2O. The molecule has 0 spiro atoms. The van der Waals surface area contributed by atoms with Crippen molar-refractivity contribution in [2.24, 2.45) is 0 Å².